The van der Waals surface area contributed by atoms with E-state index in [0.29, 0.717) is 13.0 Å². The van der Waals surface area contributed by atoms with Gasteiger partial charge in [0, 0.05) is 26.2 Å². The molecular weight excluding hydrogens is 416 g/mol. The summed E-state index contributed by atoms with van der Waals surface area (Å²) in [5.41, 5.74) is 4.70. The summed E-state index contributed by atoms with van der Waals surface area (Å²) >= 11 is 0. The minimum absolute atomic E-state index is 0.0287. The van der Waals surface area contributed by atoms with Crippen molar-refractivity contribution in [2.75, 3.05) is 42.9 Å². The van der Waals surface area contributed by atoms with E-state index < -0.39 is 0 Å². The molecule has 0 unspecified atom stereocenters. The van der Waals surface area contributed by atoms with Crippen LogP contribution in [-0.4, -0.2) is 48.7 Å². The topological polar surface area (TPSA) is 70.8 Å². The Morgan fingerprint density at radius 2 is 1.79 bits per heavy atom. The number of amides is 1. The van der Waals surface area contributed by atoms with Crippen molar-refractivity contribution in [3.63, 3.8) is 0 Å². The lowest BCUT2D eigenvalue weighted by atomic mass is 10.1. The van der Waals surface area contributed by atoms with Crippen molar-refractivity contribution in [2.24, 2.45) is 0 Å². The molecule has 0 saturated carbocycles. The third kappa shape index (κ3) is 5.73. The number of ether oxygens (including phenoxy) is 1. The van der Waals surface area contributed by atoms with E-state index in [-0.39, 0.29) is 5.91 Å². The van der Waals surface area contributed by atoms with E-state index >= 15 is 0 Å². The maximum Gasteiger partial charge on any atom is 0.228 e. The van der Waals surface area contributed by atoms with Crippen molar-refractivity contribution in [3.8, 4) is 5.75 Å². The summed E-state index contributed by atoms with van der Waals surface area (Å²) in [6.45, 7) is 11.5. The first-order chi connectivity index (χ1) is 16.0. The lowest BCUT2D eigenvalue weighted by Gasteiger charge is -2.36. The van der Waals surface area contributed by atoms with Crippen LogP contribution in [0.2, 0.25) is 0 Å². The van der Waals surface area contributed by atoms with Crippen LogP contribution in [0, 0.1) is 13.8 Å². The number of benzene rings is 2. The zero-order valence-corrected chi connectivity index (χ0v) is 19.6. The summed E-state index contributed by atoms with van der Waals surface area (Å²) in [5, 5.41) is 7.06. The molecule has 174 valence electrons. The van der Waals surface area contributed by atoms with Crippen LogP contribution in [0.5, 0.6) is 5.75 Å². The van der Waals surface area contributed by atoms with Crippen LogP contribution in [0.4, 0.5) is 11.4 Å². The van der Waals surface area contributed by atoms with E-state index in [1.54, 1.807) is 0 Å². The standard InChI is InChI=1S/C26H32N4O3/c1-4-29-13-15-30(16-14-29)25-8-6-5-7-24(25)27-26(31)17-21-9-11-22(12-10-21)32-18-23-19(2)28-33-20(23)3/h5-12H,4,13-18H2,1-3H3,(H,27,31). The zero-order valence-electron chi connectivity index (χ0n) is 19.6. The molecular formula is C26H32N4O3. The molecule has 0 atom stereocenters. The highest BCUT2D eigenvalue weighted by Crippen LogP contribution is 2.27. The molecule has 3 aromatic rings. The predicted molar refractivity (Wildman–Crippen MR) is 130 cm³/mol. The van der Waals surface area contributed by atoms with Gasteiger partial charge < -0.3 is 24.4 Å². The second-order valence-corrected chi connectivity index (χ2v) is 8.40. The highest BCUT2D eigenvalue weighted by atomic mass is 16.5. The average molecular weight is 449 g/mol. The summed E-state index contributed by atoms with van der Waals surface area (Å²) in [4.78, 5) is 17.6. The van der Waals surface area contributed by atoms with Crippen LogP contribution in [0.3, 0.4) is 0 Å². The summed E-state index contributed by atoms with van der Waals surface area (Å²) in [6.07, 6.45) is 0.308. The van der Waals surface area contributed by atoms with Crippen LogP contribution >= 0.6 is 0 Å². The van der Waals surface area contributed by atoms with Gasteiger partial charge in [-0.15, -0.1) is 0 Å². The molecule has 0 spiro atoms. The van der Waals surface area contributed by atoms with Crippen molar-refractivity contribution >= 4 is 17.3 Å². The molecule has 1 aromatic heterocycles. The molecule has 1 aliphatic heterocycles. The van der Waals surface area contributed by atoms with E-state index in [0.717, 1.165) is 72.4 Å². The van der Waals surface area contributed by atoms with Gasteiger partial charge in [0.25, 0.3) is 0 Å². The Morgan fingerprint density at radius 1 is 1.06 bits per heavy atom. The van der Waals surface area contributed by atoms with Gasteiger partial charge in [-0.05, 0) is 50.2 Å². The molecule has 2 heterocycles. The number of para-hydroxylation sites is 2. The normalized spacial score (nSPS) is 14.3. The highest BCUT2D eigenvalue weighted by molar-refractivity contribution is 5.95. The first kappa shape index (κ1) is 22.9. The number of piperazine rings is 1. The van der Waals surface area contributed by atoms with E-state index in [2.05, 4.69) is 33.3 Å². The Bertz CT molecular complexity index is 1050. The van der Waals surface area contributed by atoms with E-state index in [4.69, 9.17) is 9.26 Å². The van der Waals surface area contributed by atoms with Crippen LogP contribution < -0.4 is 15.0 Å². The lowest BCUT2D eigenvalue weighted by Crippen LogP contribution is -2.46. The van der Waals surface area contributed by atoms with Gasteiger partial charge in [0.15, 0.2) is 0 Å². The first-order valence-electron chi connectivity index (χ1n) is 11.5. The summed E-state index contributed by atoms with van der Waals surface area (Å²) in [6, 6.07) is 15.7. The molecule has 1 saturated heterocycles. The molecule has 0 aliphatic carbocycles. The van der Waals surface area contributed by atoms with Gasteiger partial charge in [0.2, 0.25) is 5.91 Å². The number of carbonyl (C=O) groups is 1. The molecule has 4 rings (SSSR count). The predicted octanol–water partition coefficient (Wildman–Crippen LogP) is 4.19. The first-order valence-corrected chi connectivity index (χ1v) is 11.5. The molecule has 0 bridgehead atoms. The SMILES string of the molecule is CCN1CCN(c2ccccc2NC(=O)Cc2ccc(OCc3c(C)noc3C)cc2)CC1. The molecule has 1 fully saturated rings. The number of nitrogens with zero attached hydrogens (tertiary/aromatic N) is 3. The molecule has 0 radical (unpaired) electrons. The fourth-order valence-corrected chi connectivity index (χ4v) is 4.11. The largest absolute Gasteiger partial charge is 0.489 e. The Labute approximate surface area is 195 Å². The van der Waals surface area contributed by atoms with E-state index in [1.165, 1.54) is 0 Å². The molecule has 2 aromatic carbocycles. The summed E-state index contributed by atoms with van der Waals surface area (Å²) in [5.74, 6) is 1.49. The minimum Gasteiger partial charge on any atom is -0.489 e. The van der Waals surface area contributed by atoms with Gasteiger partial charge in [-0.25, -0.2) is 0 Å². The number of likely N-dealkylation sites (N-methyl/N-ethyl adjacent to an activating group) is 1. The maximum absolute atomic E-state index is 12.8. The van der Waals surface area contributed by atoms with Crippen molar-refractivity contribution in [2.45, 2.75) is 33.8 Å². The number of anilines is 2. The zero-order chi connectivity index (χ0) is 23.2. The number of hydrogen-bond donors (Lipinski definition) is 1. The number of hydrogen-bond acceptors (Lipinski definition) is 6. The molecule has 33 heavy (non-hydrogen) atoms. The third-order valence-corrected chi connectivity index (χ3v) is 6.19. The second-order valence-electron chi connectivity index (χ2n) is 8.40. The fraction of sp³-hybridized carbons (Fsp3) is 0.385. The van der Waals surface area contributed by atoms with E-state index in [9.17, 15) is 4.79 Å². The van der Waals surface area contributed by atoms with Crippen LogP contribution in [0.25, 0.3) is 0 Å². The van der Waals surface area contributed by atoms with Crippen LogP contribution in [0.1, 0.15) is 29.5 Å². The van der Waals surface area contributed by atoms with Gasteiger partial charge >= 0.3 is 0 Å². The number of carbonyl (C=O) groups excluding carboxylic acids is 1. The van der Waals surface area contributed by atoms with Gasteiger partial charge in [0.05, 0.1) is 29.1 Å². The molecule has 1 aliphatic rings. The monoisotopic (exact) mass is 448 g/mol. The molecule has 7 heteroatoms. The van der Waals surface area contributed by atoms with Gasteiger partial charge in [-0.2, -0.15) is 0 Å². The molecule has 7 nitrogen and oxygen atoms in total. The Kier molecular flexibility index (Phi) is 7.29. The number of aryl methyl sites for hydroxylation is 2. The number of rotatable bonds is 8. The highest BCUT2D eigenvalue weighted by Gasteiger charge is 2.19. The van der Waals surface area contributed by atoms with E-state index in [1.807, 2.05) is 56.3 Å². The van der Waals surface area contributed by atoms with Crippen LogP contribution in [0.15, 0.2) is 53.1 Å². The quantitative estimate of drug-likeness (QED) is 0.557. The summed E-state index contributed by atoms with van der Waals surface area (Å²) < 4.78 is 11.0. The Morgan fingerprint density at radius 3 is 2.45 bits per heavy atom. The van der Waals surface area contributed by atoms with Crippen molar-refractivity contribution in [3.05, 3.63) is 71.1 Å². The number of nitrogens with one attached hydrogen (secondary N) is 1. The molecule has 1 N–H and O–H groups in total. The smallest absolute Gasteiger partial charge is 0.228 e. The fourth-order valence-electron chi connectivity index (χ4n) is 4.11. The third-order valence-electron chi connectivity index (χ3n) is 6.19. The van der Waals surface area contributed by atoms with Crippen molar-refractivity contribution < 1.29 is 14.1 Å². The molecule has 1 amide bonds. The number of aromatic nitrogens is 1. The Balaban J connectivity index is 1.33. The van der Waals surface area contributed by atoms with Crippen molar-refractivity contribution in [1.29, 1.82) is 0 Å². The van der Waals surface area contributed by atoms with Crippen molar-refractivity contribution in [1.82, 2.24) is 10.1 Å². The van der Waals surface area contributed by atoms with Gasteiger partial charge in [-0.1, -0.05) is 36.3 Å². The maximum atomic E-state index is 12.8. The van der Waals surface area contributed by atoms with Crippen LogP contribution in [-0.2, 0) is 17.8 Å². The second kappa shape index (κ2) is 10.5. The van der Waals surface area contributed by atoms with Gasteiger partial charge in [0.1, 0.15) is 18.1 Å². The Hall–Kier alpha value is -3.32. The minimum atomic E-state index is -0.0287. The summed E-state index contributed by atoms with van der Waals surface area (Å²) in [7, 11) is 0. The van der Waals surface area contributed by atoms with Gasteiger partial charge in [-0.3, -0.25) is 4.79 Å². The average Bonchev–Trinajstić information content (AvgIpc) is 3.16. The lowest BCUT2D eigenvalue weighted by molar-refractivity contribution is -0.115.